The number of hydrogen-bond acceptors (Lipinski definition) is 5. The van der Waals surface area contributed by atoms with Crippen LogP contribution in [0.3, 0.4) is 0 Å². The first-order chi connectivity index (χ1) is 17.7. The molecular weight excluding hydrogens is 473 g/mol. The van der Waals surface area contributed by atoms with Crippen LogP contribution in [-0.4, -0.2) is 27.9 Å². The Morgan fingerprint density at radius 3 is 2.41 bits per heavy atom. The number of carbonyl (C=O) groups excluding carboxylic acids is 1. The molecule has 2 aromatic carbocycles. The van der Waals surface area contributed by atoms with Crippen LogP contribution in [0.2, 0.25) is 0 Å². The lowest BCUT2D eigenvalue weighted by atomic mass is 9.71. The van der Waals surface area contributed by atoms with Crippen LogP contribution in [0, 0.1) is 0 Å². The van der Waals surface area contributed by atoms with Gasteiger partial charge in [-0.1, -0.05) is 54.6 Å². The quantitative estimate of drug-likeness (QED) is 0.339. The normalized spacial score (nSPS) is 14.8. The molecule has 2 heterocycles. The molecule has 1 fully saturated rings. The lowest BCUT2D eigenvalue weighted by molar-refractivity contribution is 0.0377. The molecule has 0 atom stereocenters. The van der Waals surface area contributed by atoms with Crippen LogP contribution in [0.5, 0.6) is 0 Å². The van der Waals surface area contributed by atoms with Crippen molar-refractivity contribution in [2.45, 2.75) is 57.7 Å². The van der Waals surface area contributed by atoms with Gasteiger partial charge < -0.3 is 14.5 Å². The summed E-state index contributed by atoms with van der Waals surface area (Å²) in [5.74, 6) is 0.512. The minimum Gasteiger partial charge on any atom is -0.444 e. The Bertz CT molecular complexity index is 1480. The molecule has 0 unspecified atom stereocenters. The number of nitrogens with one attached hydrogen (secondary N) is 1. The minimum atomic E-state index is -0.668. The molecule has 0 saturated heterocycles. The molecule has 1 N–H and O–H groups in total. The molecule has 0 bridgehead atoms. The first kappa shape index (κ1) is 24.7. The van der Waals surface area contributed by atoms with E-state index in [2.05, 4.69) is 10.3 Å². The summed E-state index contributed by atoms with van der Waals surface area (Å²) < 4.78 is 25.9. The SMILES string of the molecule is CC(C)(C)OC(=O)NC1(c2ccc(-c3oc4ncn(CCF)c(=O)c4c3-c3ccccc3)cc2)CCC1. The van der Waals surface area contributed by atoms with Crippen LogP contribution in [-0.2, 0) is 16.8 Å². The van der Waals surface area contributed by atoms with Crippen molar-refractivity contribution in [3.05, 3.63) is 76.8 Å². The van der Waals surface area contributed by atoms with Gasteiger partial charge in [-0.05, 0) is 51.2 Å². The summed E-state index contributed by atoms with van der Waals surface area (Å²) in [4.78, 5) is 30.1. The summed E-state index contributed by atoms with van der Waals surface area (Å²) in [7, 11) is 0. The van der Waals surface area contributed by atoms with E-state index in [0.29, 0.717) is 16.7 Å². The Morgan fingerprint density at radius 1 is 1.11 bits per heavy atom. The second-order valence-corrected chi connectivity index (χ2v) is 10.4. The van der Waals surface area contributed by atoms with Crippen molar-refractivity contribution in [3.8, 4) is 22.5 Å². The maximum atomic E-state index is 13.2. The molecule has 7 nitrogen and oxygen atoms in total. The highest BCUT2D eigenvalue weighted by molar-refractivity contribution is 5.99. The number of aryl methyl sites for hydroxylation is 1. The van der Waals surface area contributed by atoms with Crippen LogP contribution in [0.4, 0.5) is 9.18 Å². The largest absolute Gasteiger partial charge is 0.444 e. The first-order valence-electron chi connectivity index (χ1n) is 12.5. The average molecular weight is 504 g/mol. The smallest absolute Gasteiger partial charge is 0.408 e. The summed E-state index contributed by atoms with van der Waals surface area (Å²) >= 11 is 0. The lowest BCUT2D eigenvalue weighted by Crippen LogP contribution is -2.52. The van der Waals surface area contributed by atoms with E-state index in [4.69, 9.17) is 9.15 Å². The topological polar surface area (TPSA) is 86.4 Å². The second kappa shape index (κ2) is 9.50. The van der Waals surface area contributed by atoms with Crippen molar-refractivity contribution in [3.63, 3.8) is 0 Å². The van der Waals surface area contributed by atoms with E-state index in [1.165, 1.54) is 10.9 Å². The fourth-order valence-corrected chi connectivity index (χ4v) is 4.82. The van der Waals surface area contributed by atoms with E-state index >= 15 is 0 Å². The fraction of sp³-hybridized carbons (Fsp3) is 0.345. The molecule has 0 radical (unpaired) electrons. The van der Waals surface area contributed by atoms with Gasteiger partial charge in [0.2, 0.25) is 5.71 Å². The standard InChI is InChI=1S/C29H30FN3O4/c1-28(2,3)37-27(35)32-29(14-7-15-29)21-12-10-20(11-13-21)24-22(19-8-5-4-6-9-19)23-25(36-24)31-18-33(17-16-30)26(23)34/h4-6,8-13,18H,7,14-17H2,1-3H3,(H,32,35). The van der Waals surface area contributed by atoms with Crippen molar-refractivity contribution < 1.29 is 18.3 Å². The van der Waals surface area contributed by atoms with Crippen LogP contribution in [0.1, 0.15) is 45.6 Å². The molecule has 5 rings (SSSR count). The predicted octanol–water partition coefficient (Wildman–Crippen LogP) is 6.20. The van der Waals surface area contributed by atoms with Crippen molar-refractivity contribution in [2.75, 3.05) is 6.67 Å². The number of rotatable bonds is 6. The van der Waals surface area contributed by atoms with Gasteiger partial charge in [-0.2, -0.15) is 0 Å². The lowest BCUT2D eigenvalue weighted by Gasteiger charge is -2.43. The highest BCUT2D eigenvalue weighted by Gasteiger charge is 2.41. The zero-order valence-electron chi connectivity index (χ0n) is 21.2. The molecule has 1 aliphatic carbocycles. The van der Waals surface area contributed by atoms with Crippen molar-refractivity contribution in [1.29, 1.82) is 0 Å². The molecular formula is C29H30FN3O4. The van der Waals surface area contributed by atoms with Gasteiger partial charge in [-0.3, -0.25) is 9.36 Å². The fourth-order valence-electron chi connectivity index (χ4n) is 4.82. The highest BCUT2D eigenvalue weighted by atomic mass is 19.1. The minimum absolute atomic E-state index is 0.0715. The summed E-state index contributed by atoms with van der Waals surface area (Å²) in [6.45, 7) is 4.78. The average Bonchev–Trinajstić information content (AvgIpc) is 3.23. The third kappa shape index (κ3) is 4.75. The number of benzene rings is 2. The van der Waals surface area contributed by atoms with Crippen LogP contribution < -0.4 is 10.9 Å². The highest BCUT2D eigenvalue weighted by Crippen LogP contribution is 2.43. The van der Waals surface area contributed by atoms with Crippen molar-refractivity contribution >= 4 is 17.2 Å². The predicted molar refractivity (Wildman–Crippen MR) is 140 cm³/mol. The van der Waals surface area contributed by atoms with E-state index in [-0.39, 0.29) is 17.8 Å². The molecule has 1 saturated carbocycles. The number of halogens is 1. The van der Waals surface area contributed by atoms with Crippen molar-refractivity contribution in [1.82, 2.24) is 14.9 Å². The van der Waals surface area contributed by atoms with Gasteiger partial charge in [-0.25, -0.2) is 14.2 Å². The number of furan rings is 1. The van der Waals surface area contributed by atoms with Crippen molar-refractivity contribution in [2.24, 2.45) is 0 Å². The van der Waals surface area contributed by atoms with E-state index in [0.717, 1.165) is 36.0 Å². The van der Waals surface area contributed by atoms with Crippen LogP contribution in [0.15, 0.2) is 70.1 Å². The van der Waals surface area contributed by atoms with Crippen LogP contribution >= 0.6 is 0 Å². The molecule has 1 amide bonds. The van der Waals surface area contributed by atoms with Gasteiger partial charge in [0.05, 0.1) is 12.1 Å². The Balaban J connectivity index is 1.56. The number of aromatic nitrogens is 2. The first-order valence-corrected chi connectivity index (χ1v) is 12.5. The molecule has 1 aliphatic rings. The number of carbonyl (C=O) groups is 1. The number of alkyl halides is 1. The van der Waals surface area contributed by atoms with Gasteiger partial charge in [0.1, 0.15) is 29.7 Å². The van der Waals surface area contributed by atoms with Gasteiger partial charge in [-0.15, -0.1) is 0 Å². The van der Waals surface area contributed by atoms with E-state index in [1.54, 1.807) is 0 Å². The molecule has 0 spiro atoms. The number of ether oxygens (including phenoxy) is 1. The molecule has 192 valence electrons. The summed E-state index contributed by atoms with van der Waals surface area (Å²) in [5, 5.41) is 3.40. The molecule has 8 heteroatoms. The summed E-state index contributed by atoms with van der Waals surface area (Å²) in [6, 6.07) is 17.3. The number of alkyl carbamates (subject to hydrolysis) is 1. The zero-order valence-corrected chi connectivity index (χ0v) is 21.2. The molecule has 37 heavy (non-hydrogen) atoms. The van der Waals surface area contributed by atoms with E-state index in [9.17, 15) is 14.0 Å². The van der Waals surface area contributed by atoms with Gasteiger partial charge in [0, 0.05) is 11.1 Å². The maximum Gasteiger partial charge on any atom is 0.408 e. The Morgan fingerprint density at radius 2 is 1.81 bits per heavy atom. The monoisotopic (exact) mass is 503 g/mol. The van der Waals surface area contributed by atoms with E-state index in [1.807, 2.05) is 75.4 Å². The molecule has 4 aromatic rings. The third-order valence-corrected chi connectivity index (χ3v) is 6.71. The zero-order chi connectivity index (χ0) is 26.2. The molecule has 2 aromatic heterocycles. The Labute approximate surface area is 214 Å². The Hall–Kier alpha value is -3.94. The third-order valence-electron chi connectivity index (χ3n) is 6.71. The molecule has 0 aliphatic heterocycles. The van der Waals surface area contributed by atoms with Gasteiger partial charge >= 0.3 is 6.09 Å². The van der Waals surface area contributed by atoms with Gasteiger partial charge in [0.15, 0.2) is 0 Å². The number of nitrogens with zero attached hydrogens (tertiary/aromatic N) is 2. The van der Waals surface area contributed by atoms with E-state index < -0.39 is 23.9 Å². The Kier molecular flexibility index (Phi) is 6.35. The summed E-state index contributed by atoms with van der Waals surface area (Å²) in [5.41, 5.74) is 1.99. The van der Waals surface area contributed by atoms with Crippen LogP contribution in [0.25, 0.3) is 33.6 Å². The second-order valence-electron chi connectivity index (χ2n) is 10.4. The number of hydrogen-bond donors (Lipinski definition) is 1. The number of amides is 1. The number of fused-ring (bicyclic) bond motifs is 1. The maximum absolute atomic E-state index is 13.2. The summed E-state index contributed by atoms with van der Waals surface area (Å²) in [6.07, 6.45) is 3.54. The van der Waals surface area contributed by atoms with Gasteiger partial charge in [0.25, 0.3) is 5.56 Å².